The third-order valence-corrected chi connectivity index (χ3v) is 4.19. The van der Waals surface area contributed by atoms with Crippen LogP contribution in [0.15, 0.2) is 24.3 Å². The fraction of sp³-hybridized carbons (Fsp3) is 0.529. The number of rotatable bonds is 7. The molecule has 1 fully saturated rings. The summed E-state index contributed by atoms with van der Waals surface area (Å²) in [6.45, 7) is 0.742. The second-order valence-corrected chi connectivity index (χ2v) is 6.07. The lowest BCUT2D eigenvalue weighted by Gasteiger charge is -2.14. The average Bonchev–Trinajstić information content (AvgIpc) is 2.89. The number of hydrogen-bond donors (Lipinski definition) is 3. The van der Waals surface area contributed by atoms with Crippen LogP contribution in [0.1, 0.15) is 31.2 Å². The molecule has 2 atom stereocenters. The van der Waals surface area contributed by atoms with Crippen LogP contribution in [-0.2, 0) is 16.0 Å². The Kier molecular flexibility index (Phi) is 8.71. The summed E-state index contributed by atoms with van der Waals surface area (Å²) in [6, 6.07) is 6.09. The first-order valence-electron chi connectivity index (χ1n) is 8.08. The summed E-state index contributed by atoms with van der Waals surface area (Å²) in [5.74, 6) is -0.292. The van der Waals surface area contributed by atoms with Gasteiger partial charge in [-0.15, -0.1) is 12.4 Å². The van der Waals surface area contributed by atoms with E-state index in [2.05, 4.69) is 10.6 Å². The van der Waals surface area contributed by atoms with Crippen molar-refractivity contribution in [1.29, 1.82) is 0 Å². The maximum Gasteiger partial charge on any atom is 0.224 e. The molecule has 1 aromatic rings. The van der Waals surface area contributed by atoms with Crippen LogP contribution in [0.25, 0.3) is 0 Å². The van der Waals surface area contributed by atoms with Crippen molar-refractivity contribution in [1.82, 2.24) is 10.6 Å². The molecule has 5 nitrogen and oxygen atoms in total. The Balaban J connectivity index is 0.00000288. The quantitative estimate of drug-likeness (QED) is 0.647. The molecule has 4 N–H and O–H groups in total. The van der Waals surface area contributed by atoms with Crippen molar-refractivity contribution in [2.45, 2.75) is 38.1 Å². The Morgan fingerprint density at radius 2 is 1.88 bits per heavy atom. The summed E-state index contributed by atoms with van der Waals surface area (Å²) in [5, 5.41) is 5.50. The second kappa shape index (κ2) is 10.3. The van der Waals surface area contributed by atoms with Crippen molar-refractivity contribution < 1.29 is 14.0 Å². The van der Waals surface area contributed by atoms with Gasteiger partial charge in [0, 0.05) is 25.6 Å². The molecule has 0 heterocycles. The van der Waals surface area contributed by atoms with Gasteiger partial charge in [-0.3, -0.25) is 9.59 Å². The van der Waals surface area contributed by atoms with Gasteiger partial charge < -0.3 is 16.4 Å². The first kappa shape index (κ1) is 20.4. The maximum atomic E-state index is 13.0. The number of carbonyl (C=O) groups excluding carboxylic acids is 2. The summed E-state index contributed by atoms with van der Waals surface area (Å²) in [5.41, 5.74) is 6.57. The van der Waals surface area contributed by atoms with Crippen molar-refractivity contribution in [2.24, 2.45) is 11.7 Å². The zero-order valence-electron chi connectivity index (χ0n) is 13.6. The van der Waals surface area contributed by atoms with E-state index in [9.17, 15) is 14.0 Å². The van der Waals surface area contributed by atoms with Gasteiger partial charge in [0.2, 0.25) is 11.8 Å². The number of hydrogen-bond acceptors (Lipinski definition) is 3. The highest BCUT2D eigenvalue weighted by molar-refractivity contribution is 5.85. The SMILES string of the molecule is Cl.N[C@@H]1CCC[C@H]1CC(=O)NCCNC(=O)Cc1cccc(F)c1. The highest BCUT2D eigenvalue weighted by Gasteiger charge is 2.25. The number of carbonyl (C=O) groups is 2. The van der Waals surface area contributed by atoms with E-state index in [-0.39, 0.29) is 48.4 Å². The maximum absolute atomic E-state index is 13.0. The minimum absolute atomic E-state index is 0. The number of nitrogens with one attached hydrogen (secondary N) is 2. The summed E-state index contributed by atoms with van der Waals surface area (Å²) in [6.07, 6.45) is 3.68. The molecule has 1 saturated carbocycles. The van der Waals surface area contributed by atoms with Gasteiger partial charge >= 0.3 is 0 Å². The summed E-state index contributed by atoms with van der Waals surface area (Å²) in [4.78, 5) is 23.5. The topological polar surface area (TPSA) is 84.2 Å². The number of halogens is 2. The summed E-state index contributed by atoms with van der Waals surface area (Å²) < 4.78 is 13.0. The van der Waals surface area contributed by atoms with Crippen LogP contribution in [0.3, 0.4) is 0 Å². The Morgan fingerprint density at radius 3 is 2.50 bits per heavy atom. The number of amides is 2. The zero-order chi connectivity index (χ0) is 16.7. The Hall–Kier alpha value is -1.66. The molecule has 1 aliphatic rings. The van der Waals surface area contributed by atoms with Crippen molar-refractivity contribution >= 4 is 24.2 Å². The number of nitrogens with two attached hydrogens (primary N) is 1. The Bertz CT molecular complexity index is 556. The molecule has 1 aromatic carbocycles. The third-order valence-electron chi connectivity index (χ3n) is 4.19. The van der Waals surface area contributed by atoms with Gasteiger partial charge in [0.05, 0.1) is 6.42 Å². The molecule has 1 aliphatic carbocycles. The van der Waals surface area contributed by atoms with Crippen LogP contribution >= 0.6 is 12.4 Å². The Labute approximate surface area is 148 Å². The van der Waals surface area contributed by atoms with Gasteiger partial charge in [-0.1, -0.05) is 18.6 Å². The molecule has 134 valence electrons. The first-order chi connectivity index (χ1) is 11.0. The van der Waals surface area contributed by atoms with Gasteiger partial charge in [-0.2, -0.15) is 0 Å². The molecule has 2 rings (SSSR count). The molecule has 0 spiro atoms. The van der Waals surface area contributed by atoms with Crippen molar-refractivity contribution in [3.63, 3.8) is 0 Å². The van der Waals surface area contributed by atoms with Crippen LogP contribution in [-0.4, -0.2) is 30.9 Å². The van der Waals surface area contributed by atoms with Crippen molar-refractivity contribution in [3.05, 3.63) is 35.6 Å². The van der Waals surface area contributed by atoms with E-state index in [0.29, 0.717) is 25.1 Å². The van der Waals surface area contributed by atoms with E-state index < -0.39 is 0 Å². The average molecular weight is 358 g/mol. The molecule has 0 unspecified atom stereocenters. The predicted octanol–water partition coefficient (Wildman–Crippen LogP) is 1.54. The molecule has 0 saturated heterocycles. The molecule has 0 aliphatic heterocycles. The predicted molar refractivity (Wildman–Crippen MR) is 93.3 cm³/mol. The van der Waals surface area contributed by atoms with Crippen LogP contribution in [0.2, 0.25) is 0 Å². The normalized spacial score (nSPS) is 19.4. The van der Waals surface area contributed by atoms with E-state index in [1.165, 1.54) is 12.1 Å². The van der Waals surface area contributed by atoms with E-state index >= 15 is 0 Å². The molecule has 0 radical (unpaired) electrons. The number of benzene rings is 1. The Morgan fingerprint density at radius 1 is 1.17 bits per heavy atom. The van der Waals surface area contributed by atoms with Gasteiger partial charge in [0.15, 0.2) is 0 Å². The van der Waals surface area contributed by atoms with E-state index in [4.69, 9.17) is 5.73 Å². The lowest BCUT2D eigenvalue weighted by atomic mass is 10.00. The molecule has 24 heavy (non-hydrogen) atoms. The highest BCUT2D eigenvalue weighted by atomic mass is 35.5. The molecule has 7 heteroatoms. The van der Waals surface area contributed by atoms with Crippen LogP contribution < -0.4 is 16.4 Å². The standard InChI is InChI=1S/C17H24FN3O2.ClH/c18-14-5-1-3-12(9-14)10-16(22)20-7-8-21-17(23)11-13-4-2-6-15(13)19;/h1,3,5,9,13,15H,2,4,6-8,10-11,19H2,(H,20,22)(H,21,23);1H/t13-,15+;/m0./s1. The van der Waals surface area contributed by atoms with Gasteiger partial charge in [-0.05, 0) is 36.5 Å². The monoisotopic (exact) mass is 357 g/mol. The van der Waals surface area contributed by atoms with Crippen LogP contribution in [0.4, 0.5) is 4.39 Å². The fourth-order valence-corrected chi connectivity index (χ4v) is 2.93. The molecule has 2 amide bonds. The molecule has 0 bridgehead atoms. The van der Waals surface area contributed by atoms with Gasteiger partial charge in [0.25, 0.3) is 0 Å². The zero-order valence-corrected chi connectivity index (χ0v) is 14.4. The highest BCUT2D eigenvalue weighted by Crippen LogP contribution is 2.26. The largest absolute Gasteiger partial charge is 0.354 e. The van der Waals surface area contributed by atoms with Gasteiger partial charge in [-0.25, -0.2) is 4.39 Å². The minimum atomic E-state index is -0.354. The van der Waals surface area contributed by atoms with E-state index in [0.717, 1.165) is 19.3 Å². The lowest BCUT2D eigenvalue weighted by molar-refractivity contribution is -0.123. The lowest BCUT2D eigenvalue weighted by Crippen LogP contribution is -2.37. The van der Waals surface area contributed by atoms with E-state index in [1.54, 1.807) is 12.1 Å². The smallest absolute Gasteiger partial charge is 0.224 e. The second-order valence-electron chi connectivity index (χ2n) is 6.07. The van der Waals surface area contributed by atoms with Crippen LogP contribution in [0, 0.1) is 11.7 Å². The summed E-state index contributed by atoms with van der Waals surface area (Å²) >= 11 is 0. The molecule has 0 aromatic heterocycles. The molecular formula is C17H25ClFN3O2. The summed E-state index contributed by atoms with van der Waals surface area (Å²) in [7, 11) is 0. The molecular weight excluding hydrogens is 333 g/mol. The van der Waals surface area contributed by atoms with Crippen molar-refractivity contribution in [3.8, 4) is 0 Å². The minimum Gasteiger partial charge on any atom is -0.354 e. The fourth-order valence-electron chi connectivity index (χ4n) is 2.93. The third kappa shape index (κ3) is 6.84. The van der Waals surface area contributed by atoms with E-state index in [1.807, 2.05) is 0 Å². The van der Waals surface area contributed by atoms with Crippen LogP contribution in [0.5, 0.6) is 0 Å². The van der Waals surface area contributed by atoms with Gasteiger partial charge in [0.1, 0.15) is 5.82 Å². The first-order valence-corrected chi connectivity index (χ1v) is 8.08. The van der Waals surface area contributed by atoms with Crippen molar-refractivity contribution in [2.75, 3.05) is 13.1 Å².